The highest BCUT2D eigenvalue weighted by Gasteiger charge is 2.28. The van der Waals surface area contributed by atoms with E-state index < -0.39 is 6.04 Å². The summed E-state index contributed by atoms with van der Waals surface area (Å²) < 4.78 is 0. The Morgan fingerprint density at radius 1 is 1.03 bits per heavy atom. The van der Waals surface area contributed by atoms with Gasteiger partial charge in [0, 0.05) is 17.1 Å². The van der Waals surface area contributed by atoms with Crippen molar-refractivity contribution in [3.63, 3.8) is 0 Å². The molecule has 1 atom stereocenters. The third-order valence-electron chi connectivity index (χ3n) is 4.54. The number of carbonyl (C=O) groups is 2. The molecule has 0 aliphatic rings. The number of hydrogen-bond acceptors (Lipinski definition) is 2. The van der Waals surface area contributed by atoms with Gasteiger partial charge in [-0.25, -0.2) is 0 Å². The minimum Gasteiger partial charge on any atom is -0.350 e. The van der Waals surface area contributed by atoms with Crippen molar-refractivity contribution in [3.8, 4) is 0 Å². The van der Waals surface area contributed by atoms with Crippen molar-refractivity contribution < 1.29 is 9.59 Å². The van der Waals surface area contributed by atoms with Crippen LogP contribution in [0.5, 0.6) is 0 Å². The summed E-state index contributed by atoms with van der Waals surface area (Å²) in [4.78, 5) is 27.7. The fraction of sp³-hybridized carbons (Fsp3) is 0.417. The second-order valence-corrected chi connectivity index (χ2v) is 9.18. The van der Waals surface area contributed by atoms with Crippen molar-refractivity contribution in [1.82, 2.24) is 10.2 Å². The van der Waals surface area contributed by atoms with Crippen LogP contribution in [0.4, 0.5) is 0 Å². The molecule has 0 aliphatic heterocycles. The van der Waals surface area contributed by atoms with Crippen LogP contribution >= 0.6 is 11.6 Å². The summed E-state index contributed by atoms with van der Waals surface area (Å²) >= 11 is 6.12. The van der Waals surface area contributed by atoms with Gasteiger partial charge in [-0.2, -0.15) is 0 Å². The first-order valence-corrected chi connectivity index (χ1v) is 10.3. The Labute approximate surface area is 179 Å². The number of benzene rings is 2. The zero-order valence-corrected chi connectivity index (χ0v) is 18.9. The van der Waals surface area contributed by atoms with Gasteiger partial charge in [-0.3, -0.25) is 9.59 Å². The summed E-state index contributed by atoms with van der Waals surface area (Å²) in [7, 11) is 0. The van der Waals surface area contributed by atoms with Crippen LogP contribution in [-0.4, -0.2) is 28.3 Å². The van der Waals surface area contributed by atoms with Gasteiger partial charge in [0.1, 0.15) is 6.04 Å². The maximum absolute atomic E-state index is 13.2. The molecule has 0 heterocycles. The average Bonchev–Trinajstić information content (AvgIpc) is 2.56. The van der Waals surface area contributed by atoms with E-state index in [0.29, 0.717) is 11.6 Å². The van der Waals surface area contributed by atoms with Crippen molar-refractivity contribution in [1.29, 1.82) is 0 Å². The highest BCUT2D eigenvalue weighted by atomic mass is 35.5. The molecule has 0 saturated heterocycles. The monoisotopic (exact) mass is 414 g/mol. The van der Waals surface area contributed by atoms with Gasteiger partial charge >= 0.3 is 0 Å². The number of rotatable bonds is 6. The number of nitrogens with zero attached hydrogens (tertiary/aromatic N) is 1. The van der Waals surface area contributed by atoms with E-state index in [9.17, 15) is 9.59 Å². The molecule has 2 rings (SSSR count). The van der Waals surface area contributed by atoms with Gasteiger partial charge in [0.25, 0.3) is 0 Å². The van der Waals surface area contributed by atoms with Crippen LogP contribution in [0, 0.1) is 13.8 Å². The molecule has 5 heteroatoms. The van der Waals surface area contributed by atoms with Crippen LogP contribution in [-0.2, 0) is 22.6 Å². The quantitative estimate of drug-likeness (QED) is 0.735. The minimum absolute atomic E-state index is 0.0912. The second-order valence-electron chi connectivity index (χ2n) is 8.74. The summed E-state index contributed by atoms with van der Waals surface area (Å²) in [5.74, 6) is -0.264. The van der Waals surface area contributed by atoms with Gasteiger partial charge in [0.15, 0.2) is 0 Å². The molecule has 2 amide bonds. The van der Waals surface area contributed by atoms with Gasteiger partial charge in [-0.1, -0.05) is 53.1 Å². The third kappa shape index (κ3) is 7.21. The molecule has 4 nitrogen and oxygen atoms in total. The van der Waals surface area contributed by atoms with Gasteiger partial charge in [-0.05, 0) is 64.8 Å². The van der Waals surface area contributed by atoms with Crippen LogP contribution < -0.4 is 5.32 Å². The Bertz CT molecular complexity index is 866. The van der Waals surface area contributed by atoms with E-state index in [-0.39, 0.29) is 23.8 Å². The largest absolute Gasteiger partial charge is 0.350 e. The van der Waals surface area contributed by atoms with Gasteiger partial charge in [0.2, 0.25) is 11.8 Å². The smallest absolute Gasteiger partial charge is 0.242 e. The molecule has 0 fully saturated rings. The van der Waals surface area contributed by atoms with E-state index in [1.807, 2.05) is 65.0 Å². The number of halogens is 1. The Morgan fingerprint density at radius 3 is 2.21 bits per heavy atom. The number of hydrogen-bond donors (Lipinski definition) is 1. The lowest BCUT2D eigenvalue weighted by molar-refractivity contribution is -0.140. The fourth-order valence-corrected chi connectivity index (χ4v) is 3.55. The van der Waals surface area contributed by atoms with Crippen LogP contribution in [0.15, 0.2) is 42.5 Å². The van der Waals surface area contributed by atoms with E-state index >= 15 is 0 Å². The number of amides is 2. The van der Waals surface area contributed by atoms with Crippen molar-refractivity contribution in [3.05, 3.63) is 69.7 Å². The second kappa shape index (κ2) is 9.45. The molecule has 29 heavy (non-hydrogen) atoms. The Morgan fingerprint density at radius 2 is 1.66 bits per heavy atom. The van der Waals surface area contributed by atoms with E-state index in [4.69, 9.17) is 11.6 Å². The van der Waals surface area contributed by atoms with Crippen molar-refractivity contribution in [2.75, 3.05) is 0 Å². The van der Waals surface area contributed by atoms with E-state index in [1.54, 1.807) is 17.9 Å². The predicted molar refractivity (Wildman–Crippen MR) is 119 cm³/mol. The summed E-state index contributed by atoms with van der Waals surface area (Å²) in [6.07, 6.45) is 0.246. The van der Waals surface area contributed by atoms with Gasteiger partial charge < -0.3 is 10.2 Å². The molecular weight excluding hydrogens is 384 g/mol. The molecule has 0 bridgehead atoms. The topological polar surface area (TPSA) is 49.4 Å². The predicted octanol–water partition coefficient (Wildman–Crippen LogP) is 4.83. The fourth-order valence-electron chi connectivity index (χ4n) is 3.34. The van der Waals surface area contributed by atoms with Crippen molar-refractivity contribution in [2.45, 2.75) is 66.1 Å². The minimum atomic E-state index is -0.605. The van der Waals surface area contributed by atoms with Crippen molar-refractivity contribution in [2.24, 2.45) is 0 Å². The lowest BCUT2D eigenvalue weighted by Gasteiger charge is -2.31. The first kappa shape index (κ1) is 23.0. The number of carbonyl (C=O) groups excluding carboxylic acids is 2. The molecule has 2 aromatic carbocycles. The molecule has 0 aliphatic carbocycles. The maximum atomic E-state index is 13.2. The van der Waals surface area contributed by atoms with Gasteiger partial charge in [0.05, 0.1) is 6.42 Å². The van der Waals surface area contributed by atoms with Gasteiger partial charge in [-0.15, -0.1) is 0 Å². The molecule has 0 unspecified atom stereocenters. The lowest BCUT2D eigenvalue weighted by atomic mass is 10.0. The van der Waals surface area contributed by atoms with Crippen molar-refractivity contribution >= 4 is 23.4 Å². The van der Waals surface area contributed by atoms with Crippen LogP contribution in [0.1, 0.15) is 49.9 Å². The zero-order valence-electron chi connectivity index (χ0n) is 18.2. The van der Waals surface area contributed by atoms with Crippen LogP contribution in [0.2, 0.25) is 5.02 Å². The molecule has 1 N–H and O–H groups in total. The zero-order chi connectivity index (χ0) is 21.8. The number of nitrogens with one attached hydrogen (secondary N) is 1. The molecule has 2 aromatic rings. The highest BCUT2D eigenvalue weighted by molar-refractivity contribution is 6.30. The standard InChI is InChI=1S/C24H31ClN2O2/c1-16-10-17(2)12-20(11-16)14-22(28)27(15-19-8-7-9-21(25)13-19)18(3)23(29)26-24(4,5)6/h7-13,18H,14-15H2,1-6H3,(H,26,29)/t18-/m1/s1. The molecule has 0 radical (unpaired) electrons. The Balaban J connectivity index is 2.29. The summed E-state index contributed by atoms with van der Waals surface area (Å²) in [5.41, 5.74) is 3.71. The summed E-state index contributed by atoms with van der Waals surface area (Å²) in [6.45, 7) is 11.9. The highest BCUT2D eigenvalue weighted by Crippen LogP contribution is 2.17. The maximum Gasteiger partial charge on any atom is 0.242 e. The SMILES string of the molecule is Cc1cc(C)cc(CC(=O)N(Cc2cccc(Cl)c2)[C@H](C)C(=O)NC(C)(C)C)c1. The first-order valence-electron chi connectivity index (χ1n) is 9.88. The van der Waals surface area contributed by atoms with E-state index in [1.165, 1.54) is 0 Å². The molecule has 156 valence electrons. The molecule has 0 aromatic heterocycles. The molecular formula is C24H31ClN2O2. The first-order chi connectivity index (χ1) is 13.4. The molecule has 0 saturated carbocycles. The normalized spacial score (nSPS) is 12.4. The van der Waals surface area contributed by atoms with E-state index in [2.05, 4.69) is 11.4 Å². The van der Waals surface area contributed by atoms with Crippen LogP contribution in [0.25, 0.3) is 0 Å². The molecule has 0 spiro atoms. The Hall–Kier alpha value is -2.33. The third-order valence-corrected chi connectivity index (χ3v) is 4.78. The number of aryl methyl sites for hydroxylation is 2. The lowest BCUT2D eigenvalue weighted by Crippen LogP contribution is -2.52. The summed E-state index contributed by atoms with van der Waals surface area (Å²) in [6, 6.07) is 12.9. The van der Waals surface area contributed by atoms with E-state index in [0.717, 1.165) is 22.3 Å². The van der Waals surface area contributed by atoms with Crippen LogP contribution in [0.3, 0.4) is 0 Å². The Kier molecular flexibility index (Phi) is 7.48. The summed E-state index contributed by atoms with van der Waals surface area (Å²) in [5, 5.41) is 3.58. The average molecular weight is 415 g/mol.